The molecular formula is C16H30N2. The zero-order valence-electron chi connectivity index (χ0n) is 12.2. The molecule has 1 N–H and O–H groups in total. The molecule has 0 radical (unpaired) electrons. The number of nitrogens with one attached hydrogen (secondary N) is 1. The lowest BCUT2D eigenvalue weighted by Crippen LogP contribution is -2.42. The second-order valence-corrected chi connectivity index (χ2v) is 7.21. The Morgan fingerprint density at radius 3 is 2.56 bits per heavy atom. The first kappa shape index (κ1) is 12.9. The van der Waals surface area contributed by atoms with Gasteiger partial charge in [0.15, 0.2) is 0 Å². The van der Waals surface area contributed by atoms with Gasteiger partial charge in [-0.25, -0.2) is 0 Å². The topological polar surface area (TPSA) is 15.3 Å². The van der Waals surface area contributed by atoms with Gasteiger partial charge in [0.25, 0.3) is 0 Å². The third kappa shape index (κ3) is 2.75. The summed E-state index contributed by atoms with van der Waals surface area (Å²) in [6.07, 6.45) is 10.2. The van der Waals surface area contributed by atoms with Crippen molar-refractivity contribution in [3.8, 4) is 0 Å². The van der Waals surface area contributed by atoms with E-state index < -0.39 is 0 Å². The summed E-state index contributed by atoms with van der Waals surface area (Å²) < 4.78 is 0. The lowest BCUT2D eigenvalue weighted by Gasteiger charge is -2.28. The normalized spacial score (nSPS) is 41.5. The van der Waals surface area contributed by atoms with E-state index in [1.165, 1.54) is 58.0 Å². The summed E-state index contributed by atoms with van der Waals surface area (Å²) in [5.41, 5.74) is 0. The fraction of sp³-hybridized carbons (Fsp3) is 1.00. The Morgan fingerprint density at radius 2 is 1.89 bits per heavy atom. The zero-order valence-corrected chi connectivity index (χ0v) is 12.2. The highest BCUT2D eigenvalue weighted by Gasteiger charge is 2.40. The maximum absolute atomic E-state index is 4.02. The molecule has 1 aliphatic heterocycles. The van der Waals surface area contributed by atoms with Gasteiger partial charge in [0, 0.05) is 18.1 Å². The van der Waals surface area contributed by atoms with Crippen molar-refractivity contribution >= 4 is 0 Å². The van der Waals surface area contributed by atoms with Crippen LogP contribution in [0, 0.1) is 11.8 Å². The molecule has 2 bridgehead atoms. The fourth-order valence-electron chi connectivity index (χ4n) is 4.55. The van der Waals surface area contributed by atoms with Crippen molar-refractivity contribution < 1.29 is 0 Å². The van der Waals surface area contributed by atoms with Crippen molar-refractivity contribution in [2.45, 2.75) is 76.9 Å². The van der Waals surface area contributed by atoms with Crippen molar-refractivity contribution in [3.05, 3.63) is 0 Å². The molecule has 0 aromatic heterocycles. The summed E-state index contributed by atoms with van der Waals surface area (Å²) >= 11 is 0. The molecule has 18 heavy (non-hydrogen) atoms. The van der Waals surface area contributed by atoms with Crippen LogP contribution >= 0.6 is 0 Å². The van der Waals surface area contributed by atoms with E-state index in [-0.39, 0.29) is 0 Å². The molecule has 3 fully saturated rings. The second-order valence-electron chi connectivity index (χ2n) is 7.21. The first-order valence-electron chi connectivity index (χ1n) is 8.22. The molecular weight excluding hydrogens is 220 g/mol. The van der Waals surface area contributed by atoms with Crippen LogP contribution in [0.15, 0.2) is 0 Å². The molecule has 2 saturated carbocycles. The van der Waals surface area contributed by atoms with Crippen LogP contribution in [0.3, 0.4) is 0 Å². The Labute approximate surface area is 113 Å². The monoisotopic (exact) mass is 250 g/mol. The van der Waals surface area contributed by atoms with Gasteiger partial charge in [0.2, 0.25) is 0 Å². The first-order valence-corrected chi connectivity index (χ1v) is 8.22. The molecule has 3 aliphatic rings. The van der Waals surface area contributed by atoms with E-state index in [2.05, 4.69) is 24.1 Å². The van der Waals surface area contributed by atoms with E-state index in [0.717, 1.165) is 30.0 Å². The lowest BCUT2D eigenvalue weighted by molar-refractivity contribution is 0.226. The highest BCUT2D eigenvalue weighted by molar-refractivity contribution is 4.95. The van der Waals surface area contributed by atoms with Crippen molar-refractivity contribution in [3.63, 3.8) is 0 Å². The SMILES string of the molecule is CC(C)N1CCCC(NC2CC3CCC2C3)CC1. The highest BCUT2D eigenvalue weighted by Crippen LogP contribution is 2.44. The average Bonchev–Trinajstić information content (AvgIpc) is 2.86. The van der Waals surface area contributed by atoms with Crippen LogP contribution in [0.1, 0.15) is 58.8 Å². The number of hydrogen-bond donors (Lipinski definition) is 1. The van der Waals surface area contributed by atoms with Crippen LogP contribution in [-0.4, -0.2) is 36.1 Å². The zero-order chi connectivity index (χ0) is 12.5. The molecule has 1 heterocycles. The summed E-state index contributed by atoms with van der Waals surface area (Å²) in [6, 6.07) is 2.41. The smallest absolute Gasteiger partial charge is 0.0101 e. The van der Waals surface area contributed by atoms with Crippen molar-refractivity contribution in [1.82, 2.24) is 10.2 Å². The minimum atomic E-state index is 0.728. The molecule has 4 atom stereocenters. The maximum atomic E-state index is 4.02. The lowest BCUT2D eigenvalue weighted by atomic mass is 9.94. The van der Waals surface area contributed by atoms with Gasteiger partial charge in [-0.05, 0) is 77.3 Å². The molecule has 104 valence electrons. The van der Waals surface area contributed by atoms with Crippen LogP contribution in [0.5, 0.6) is 0 Å². The molecule has 0 amide bonds. The standard InChI is InChI=1S/C16H30N2/c1-12(2)18-8-3-4-15(7-9-18)17-16-11-13-5-6-14(16)10-13/h12-17H,3-11H2,1-2H3. The largest absolute Gasteiger partial charge is 0.311 e. The molecule has 3 rings (SSSR count). The van der Waals surface area contributed by atoms with E-state index in [1.54, 1.807) is 0 Å². The van der Waals surface area contributed by atoms with Gasteiger partial charge in [-0.1, -0.05) is 6.42 Å². The van der Waals surface area contributed by atoms with Gasteiger partial charge in [-0.15, -0.1) is 0 Å². The van der Waals surface area contributed by atoms with Crippen LogP contribution in [0.4, 0.5) is 0 Å². The molecule has 2 aliphatic carbocycles. The highest BCUT2D eigenvalue weighted by atomic mass is 15.2. The predicted molar refractivity (Wildman–Crippen MR) is 76.7 cm³/mol. The second kappa shape index (κ2) is 5.50. The van der Waals surface area contributed by atoms with Crippen LogP contribution in [0.25, 0.3) is 0 Å². The molecule has 2 nitrogen and oxygen atoms in total. The summed E-state index contributed by atoms with van der Waals surface area (Å²) in [5, 5.41) is 4.02. The molecule has 2 heteroatoms. The van der Waals surface area contributed by atoms with Gasteiger partial charge < -0.3 is 10.2 Å². The number of likely N-dealkylation sites (tertiary alicyclic amines) is 1. The van der Waals surface area contributed by atoms with E-state index in [1.807, 2.05) is 0 Å². The average molecular weight is 250 g/mol. The minimum Gasteiger partial charge on any atom is -0.311 e. The number of rotatable bonds is 3. The van der Waals surface area contributed by atoms with Crippen LogP contribution < -0.4 is 5.32 Å². The van der Waals surface area contributed by atoms with Crippen molar-refractivity contribution in [2.75, 3.05) is 13.1 Å². The molecule has 0 aromatic carbocycles. The van der Waals surface area contributed by atoms with E-state index in [9.17, 15) is 0 Å². The number of nitrogens with zero attached hydrogens (tertiary/aromatic N) is 1. The number of fused-ring (bicyclic) bond motifs is 2. The maximum Gasteiger partial charge on any atom is 0.0101 e. The first-order chi connectivity index (χ1) is 8.72. The van der Waals surface area contributed by atoms with E-state index in [0.29, 0.717) is 0 Å². The Morgan fingerprint density at radius 1 is 1.00 bits per heavy atom. The van der Waals surface area contributed by atoms with Gasteiger partial charge in [0.05, 0.1) is 0 Å². The van der Waals surface area contributed by atoms with Crippen LogP contribution in [-0.2, 0) is 0 Å². The third-order valence-corrected chi connectivity index (χ3v) is 5.68. The summed E-state index contributed by atoms with van der Waals surface area (Å²) in [4.78, 5) is 2.66. The molecule has 4 unspecified atom stereocenters. The van der Waals surface area contributed by atoms with Gasteiger partial charge in [-0.2, -0.15) is 0 Å². The van der Waals surface area contributed by atoms with Crippen molar-refractivity contribution in [1.29, 1.82) is 0 Å². The Hall–Kier alpha value is -0.0800. The van der Waals surface area contributed by atoms with E-state index >= 15 is 0 Å². The van der Waals surface area contributed by atoms with Gasteiger partial charge in [0.1, 0.15) is 0 Å². The van der Waals surface area contributed by atoms with Gasteiger partial charge >= 0.3 is 0 Å². The Bertz CT molecular complexity index is 276. The summed E-state index contributed by atoms with van der Waals surface area (Å²) in [6.45, 7) is 7.29. The van der Waals surface area contributed by atoms with Gasteiger partial charge in [-0.3, -0.25) is 0 Å². The summed E-state index contributed by atoms with van der Waals surface area (Å²) in [7, 11) is 0. The van der Waals surface area contributed by atoms with Crippen molar-refractivity contribution in [2.24, 2.45) is 11.8 Å². The quantitative estimate of drug-likeness (QED) is 0.828. The Kier molecular flexibility index (Phi) is 3.95. The summed E-state index contributed by atoms with van der Waals surface area (Å²) in [5.74, 6) is 2.10. The Balaban J connectivity index is 1.48. The number of hydrogen-bond acceptors (Lipinski definition) is 2. The molecule has 1 saturated heterocycles. The predicted octanol–water partition coefficient (Wildman–Crippen LogP) is 3.03. The van der Waals surface area contributed by atoms with Crippen LogP contribution in [0.2, 0.25) is 0 Å². The molecule has 0 aromatic rings. The minimum absolute atomic E-state index is 0.728. The molecule has 0 spiro atoms. The fourth-order valence-corrected chi connectivity index (χ4v) is 4.55. The third-order valence-electron chi connectivity index (χ3n) is 5.68. The van der Waals surface area contributed by atoms with E-state index in [4.69, 9.17) is 0 Å².